The Morgan fingerprint density at radius 1 is 1.55 bits per heavy atom. The molecule has 1 unspecified atom stereocenters. The van der Waals surface area contributed by atoms with Gasteiger partial charge in [-0.25, -0.2) is 0 Å². The van der Waals surface area contributed by atoms with Crippen LogP contribution < -0.4 is 4.72 Å². The van der Waals surface area contributed by atoms with Crippen LogP contribution in [0.3, 0.4) is 0 Å². The Balaban J connectivity index is 2.75. The number of carbonyl (C=O) groups excluding carboxylic acids is 1. The number of amides is 1. The number of thiol groups is 2. The minimum Gasteiger partial charge on any atom is -0.301 e. The van der Waals surface area contributed by atoms with Crippen LogP contribution in [0.4, 0.5) is 0 Å². The fourth-order valence-electron chi connectivity index (χ4n) is 0.874. The van der Waals surface area contributed by atoms with Gasteiger partial charge in [0.15, 0.2) is 0 Å². The van der Waals surface area contributed by atoms with E-state index in [0.717, 1.165) is 0 Å². The molecule has 0 spiro atoms. The Morgan fingerprint density at radius 2 is 2.27 bits per heavy atom. The molecule has 0 fully saturated rings. The molecule has 1 rings (SSSR count). The van der Waals surface area contributed by atoms with E-state index in [1.54, 1.807) is 12.2 Å². The molecule has 0 aromatic rings. The molecule has 0 saturated heterocycles. The van der Waals surface area contributed by atoms with E-state index < -0.39 is 4.75 Å². The van der Waals surface area contributed by atoms with Crippen molar-refractivity contribution in [3.63, 3.8) is 0 Å². The molecule has 0 bridgehead atoms. The number of rotatable bonds is 1. The molecule has 4 heteroatoms. The Bertz CT molecular complexity index is 224. The van der Waals surface area contributed by atoms with Gasteiger partial charge in [0.05, 0.1) is 0 Å². The second kappa shape index (κ2) is 3.36. The third-order valence-electron chi connectivity index (χ3n) is 1.54. The van der Waals surface area contributed by atoms with Gasteiger partial charge in [-0.05, 0) is 6.42 Å². The Labute approximate surface area is 76.7 Å². The van der Waals surface area contributed by atoms with E-state index in [9.17, 15) is 4.79 Å². The minimum atomic E-state index is -0.712. The van der Waals surface area contributed by atoms with Crippen LogP contribution in [0.1, 0.15) is 6.42 Å². The first-order valence-electron chi connectivity index (χ1n) is 3.20. The first kappa shape index (κ1) is 8.74. The summed E-state index contributed by atoms with van der Waals surface area (Å²) >= 11 is 7.90. The van der Waals surface area contributed by atoms with Crippen LogP contribution >= 0.6 is 25.4 Å². The maximum atomic E-state index is 11.1. The van der Waals surface area contributed by atoms with E-state index >= 15 is 0 Å². The zero-order valence-electron chi connectivity index (χ0n) is 5.82. The minimum absolute atomic E-state index is 0.190. The summed E-state index contributed by atoms with van der Waals surface area (Å²) in [5.41, 5.74) is 0. The zero-order valence-corrected chi connectivity index (χ0v) is 7.61. The summed E-state index contributed by atoms with van der Waals surface area (Å²) in [7, 11) is 0. The van der Waals surface area contributed by atoms with Crippen LogP contribution in [0.15, 0.2) is 24.3 Å². The number of hydrogen-bond acceptors (Lipinski definition) is 3. The molecule has 0 aromatic heterocycles. The van der Waals surface area contributed by atoms with Gasteiger partial charge in [0, 0.05) is 0 Å². The van der Waals surface area contributed by atoms with Gasteiger partial charge in [-0.15, -0.1) is 0 Å². The predicted octanol–water partition coefficient (Wildman–Crippen LogP) is 1.13. The first-order valence-corrected chi connectivity index (χ1v) is 4.10. The van der Waals surface area contributed by atoms with Crippen molar-refractivity contribution in [2.24, 2.45) is 0 Å². The van der Waals surface area contributed by atoms with E-state index in [-0.39, 0.29) is 5.91 Å². The molecule has 0 aromatic carbocycles. The quantitative estimate of drug-likeness (QED) is 0.528. The average molecular weight is 187 g/mol. The Morgan fingerprint density at radius 3 is 2.73 bits per heavy atom. The second-order valence-electron chi connectivity index (χ2n) is 2.36. The molecule has 1 aliphatic rings. The van der Waals surface area contributed by atoms with Crippen LogP contribution in [-0.4, -0.2) is 10.7 Å². The maximum Gasteiger partial charge on any atom is 0.249 e. The standard InChI is InChI=1S/C7H9NOS2/c9-6(8-11)7(10)4-2-1-3-5-7/h1-4,10-11H,5H2,(H,8,9). The summed E-state index contributed by atoms with van der Waals surface area (Å²) in [4.78, 5) is 11.1. The second-order valence-corrected chi connectivity index (χ2v) is 3.38. The lowest BCUT2D eigenvalue weighted by Gasteiger charge is -2.22. The van der Waals surface area contributed by atoms with Crippen molar-refractivity contribution in [2.75, 3.05) is 0 Å². The van der Waals surface area contributed by atoms with E-state index in [1.165, 1.54) is 0 Å². The van der Waals surface area contributed by atoms with Gasteiger partial charge < -0.3 is 4.72 Å². The summed E-state index contributed by atoms with van der Waals surface area (Å²) in [6.07, 6.45) is 7.95. The third-order valence-corrected chi connectivity index (χ3v) is 2.28. The maximum absolute atomic E-state index is 11.1. The third kappa shape index (κ3) is 1.81. The fourth-order valence-corrected chi connectivity index (χ4v) is 1.41. The molecule has 2 nitrogen and oxygen atoms in total. The topological polar surface area (TPSA) is 29.1 Å². The smallest absolute Gasteiger partial charge is 0.249 e. The molecular formula is C7H9NOS2. The van der Waals surface area contributed by atoms with Crippen molar-refractivity contribution in [1.29, 1.82) is 0 Å². The number of hydrogen-bond donors (Lipinski definition) is 3. The van der Waals surface area contributed by atoms with Crippen molar-refractivity contribution >= 4 is 31.4 Å². The van der Waals surface area contributed by atoms with Crippen LogP contribution in [-0.2, 0) is 4.79 Å². The molecule has 0 aliphatic heterocycles. The highest BCUT2D eigenvalue weighted by Gasteiger charge is 2.30. The lowest BCUT2D eigenvalue weighted by molar-refractivity contribution is -0.120. The predicted molar refractivity (Wildman–Crippen MR) is 51.7 cm³/mol. The largest absolute Gasteiger partial charge is 0.301 e. The van der Waals surface area contributed by atoms with Gasteiger partial charge in [0.2, 0.25) is 5.91 Å². The number of nitrogens with one attached hydrogen (secondary N) is 1. The summed E-state index contributed by atoms with van der Waals surface area (Å²) in [5, 5.41) is 0. The number of allylic oxidation sites excluding steroid dienone is 3. The van der Waals surface area contributed by atoms with E-state index in [2.05, 4.69) is 30.2 Å². The summed E-state index contributed by atoms with van der Waals surface area (Å²) in [6.45, 7) is 0. The highest BCUT2D eigenvalue weighted by Crippen LogP contribution is 2.25. The molecular weight excluding hydrogens is 178 g/mol. The Hall–Kier alpha value is -0.350. The van der Waals surface area contributed by atoms with Gasteiger partial charge in [-0.3, -0.25) is 4.79 Å². The molecule has 0 radical (unpaired) electrons. The molecule has 0 heterocycles. The van der Waals surface area contributed by atoms with E-state index in [0.29, 0.717) is 6.42 Å². The number of carbonyl (C=O) groups is 1. The zero-order chi connectivity index (χ0) is 8.32. The van der Waals surface area contributed by atoms with E-state index in [1.807, 2.05) is 12.2 Å². The van der Waals surface area contributed by atoms with Crippen LogP contribution in [0, 0.1) is 0 Å². The fraction of sp³-hybridized carbons (Fsp3) is 0.286. The molecule has 1 aliphatic carbocycles. The SMILES string of the molecule is O=C(NS)C1(S)C=CC=CC1. The van der Waals surface area contributed by atoms with Gasteiger partial charge in [0.1, 0.15) is 4.75 Å². The van der Waals surface area contributed by atoms with Crippen molar-refractivity contribution in [1.82, 2.24) is 4.72 Å². The van der Waals surface area contributed by atoms with Gasteiger partial charge in [-0.2, -0.15) is 12.6 Å². The van der Waals surface area contributed by atoms with Crippen LogP contribution in [0.5, 0.6) is 0 Å². The van der Waals surface area contributed by atoms with Gasteiger partial charge >= 0.3 is 0 Å². The highest BCUT2D eigenvalue weighted by molar-refractivity contribution is 7.83. The van der Waals surface area contributed by atoms with Crippen molar-refractivity contribution < 1.29 is 4.79 Å². The normalized spacial score (nSPS) is 28.5. The van der Waals surface area contributed by atoms with Gasteiger partial charge in [-0.1, -0.05) is 37.1 Å². The van der Waals surface area contributed by atoms with Crippen molar-refractivity contribution in [3.05, 3.63) is 24.3 Å². The molecule has 1 amide bonds. The van der Waals surface area contributed by atoms with Gasteiger partial charge in [0.25, 0.3) is 0 Å². The molecule has 11 heavy (non-hydrogen) atoms. The summed E-state index contributed by atoms with van der Waals surface area (Å²) < 4.78 is 1.56. The molecule has 1 N–H and O–H groups in total. The Kier molecular flexibility index (Phi) is 2.67. The van der Waals surface area contributed by atoms with Crippen LogP contribution in [0.2, 0.25) is 0 Å². The average Bonchev–Trinajstić information content (AvgIpc) is 2.04. The molecule has 60 valence electrons. The van der Waals surface area contributed by atoms with Crippen LogP contribution in [0.25, 0.3) is 0 Å². The van der Waals surface area contributed by atoms with Crippen molar-refractivity contribution in [2.45, 2.75) is 11.2 Å². The summed E-state index contributed by atoms with van der Waals surface area (Å²) in [5.74, 6) is -0.190. The molecule has 1 atom stereocenters. The first-order chi connectivity index (χ1) is 5.19. The van der Waals surface area contributed by atoms with Crippen molar-refractivity contribution in [3.8, 4) is 0 Å². The lowest BCUT2D eigenvalue weighted by atomic mass is 9.99. The van der Waals surface area contributed by atoms with E-state index in [4.69, 9.17) is 0 Å². The monoisotopic (exact) mass is 187 g/mol. The molecule has 0 saturated carbocycles. The highest BCUT2D eigenvalue weighted by atomic mass is 32.1. The lowest BCUT2D eigenvalue weighted by Crippen LogP contribution is -2.37. The summed E-state index contributed by atoms with van der Waals surface area (Å²) in [6, 6.07) is 0.